The fourth-order valence-corrected chi connectivity index (χ4v) is 2.61. The zero-order valence-corrected chi connectivity index (χ0v) is 13.1. The van der Waals surface area contributed by atoms with Gasteiger partial charge in [-0.25, -0.2) is 0 Å². The summed E-state index contributed by atoms with van der Waals surface area (Å²) in [6, 6.07) is 8.58. The molecule has 21 heavy (non-hydrogen) atoms. The maximum atomic E-state index is 12.5. The van der Waals surface area contributed by atoms with Crippen LogP contribution in [0.25, 0.3) is 0 Å². The van der Waals surface area contributed by atoms with E-state index in [0.717, 1.165) is 11.5 Å². The van der Waals surface area contributed by atoms with E-state index < -0.39 is 6.04 Å². The van der Waals surface area contributed by atoms with E-state index in [-0.39, 0.29) is 12.3 Å². The van der Waals surface area contributed by atoms with Gasteiger partial charge in [-0.1, -0.05) is 13.0 Å². The Morgan fingerprint density at radius 2 is 2.29 bits per heavy atom. The van der Waals surface area contributed by atoms with Crippen LogP contribution in [0, 0.1) is 11.3 Å². The fraction of sp³-hybridized carbons (Fsp3) is 0.467. The van der Waals surface area contributed by atoms with Crippen molar-refractivity contribution in [1.82, 2.24) is 0 Å². The van der Waals surface area contributed by atoms with Crippen molar-refractivity contribution in [2.75, 3.05) is 28.7 Å². The quantitative estimate of drug-likeness (QED) is 0.565. The van der Waals surface area contributed by atoms with Crippen LogP contribution in [0.4, 0.5) is 11.4 Å². The molecule has 0 saturated heterocycles. The minimum Gasteiger partial charge on any atom is -0.399 e. The molecule has 1 aromatic carbocycles. The highest BCUT2D eigenvalue weighted by Gasteiger charge is 2.22. The number of hydrogen-bond donors (Lipinski definition) is 2. The summed E-state index contributed by atoms with van der Waals surface area (Å²) in [5.74, 6) is 1.70. The van der Waals surface area contributed by atoms with Crippen LogP contribution in [0.3, 0.4) is 0 Å². The van der Waals surface area contributed by atoms with E-state index in [0.29, 0.717) is 24.3 Å². The molecule has 0 saturated carbocycles. The summed E-state index contributed by atoms with van der Waals surface area (Å²) in [4.78, 5) is 14.1. The Balaban J connectivity index is 2.81. The Labute approximate surface area is 130 Å². The lowest BCUT2D eigenvalue weighted by Crippen LogP contribution is -2.44. The number of anilines is 2. The maximum Gasteiger partial charge on any atom is 0.243 e. The molecular weight excluding hydrogens is 284 g/mol. The standard InChI is InChI=1S/C15H22N4OS/c1-2-21-10-7-14(18)15(20)19(9-4-8-16)13-6-3-5-12(17)11-13/h3,5-6,11,14H,2,4,7,9-10,17-18H2,1H3/t14-/m0/s1. The van der Waals surface area contributed by atoms with Crippen LogP contribution in [0.5, 0.6) is 0 Å². The van der Waals surface area contributed by atoms with Crippen molar-refractivity contribution in [2.24, 2.45) is 5.73 Å². The van der Waals surface area contributed by atoms with Gasteiger partial charge >= 0.3 is 0 Å². The van der Waals surface area contributed by atoms with Crippen molar-refractivity contribution in [1.29, 1.82) is 5.26 Å². The number of benzene rings is 1. The number of thioether (sulfide) groups is 1. The number of rotatable bonds is 8. The molecule has 0 heterocycles. The highest BCUT2D eigenvalue weighted by molar-refractivity contribution is 7.99. The molecule has 0 spiro atoms. The molecule has 0 unspecified atom stereocenters. The summed E-state index contributed by atoms with van der Waals surface area (Å²) in [5.41, 5.74) is 13.0. The second-order valence-electron chi connectivity index (χ2n) is 4.59. The van der Waals surface area contributed by atoms with Gasteiger partial charge in [0, 0.05) is 17.9 Å². The average molecular weight is 306 g/mol. The van der Waals surface area contributed by atoms with Crippen LogP contribution < -0.4 is 16.4 Å². The molecule has 0 aliphatic carbocycles. The summed E-state index contributed by atoms with van der Waals surface area (Å²) in [5, 5.41) is 8.76. The molecule has 5 nitrogen and oxygen atoms in total. The average Bonchev–Trinajstić information content (AvgIpc) is 2.47. The van der Waals surface area contributed by atoms with Gasteiger partial charge in [-0.2, -0.15) is 17.0 Å². The Morgan fingerprint density at radius 1 is 1.52 bits per heavy atom. The van der Waals surface area contributed by atoms with Gasteiger partial charge in [0.25, 0.3) is 0 Å². The topological polar surface area (TPSA) is 96.1 Å². The predicted octanol–water partition coefficient (Wildman–Crippen LogP) is 1.99. The molecule has 0 aliphatic heterocycles. The van der Waals surface area contributed by atoms with Crippen molar-refractivity contribution < 1.29 is 4.79 Å². The molecule has 1 atom stereocenters. The van der Waals surface area contributed by atoms with Crippen molar-refractivity contribution in [2.45, 2.75) is 25.8 Å². The lowest BCUT2D eigenvalue weighted by Gasteiger charge is -2.25. The van der Waals surface area contributed by atoms with Gasteiger partial charge in [0.2, 0.25) is 5.91 Å². The SMILES string of the molecule is CCSCC[C@H](N)C(=O)N(CCC#N)c1cccc(N)c1. The zero-order chi connectivity index (χ0) is 15.7. The number of amides is 1. The summed E-state index contributed by atoms with van der Waals surface area (Å²) >= 11 is 1.76. The number of carbonyl (C=O) groups excluding carboxylic acids is 1. The van der Waals surface area contributed by atoms with Gasteiger partial charge in [0.05, 0.1) is 18.5 Å². The first kappa shape index (κ1) is 17.3. The molecule has 114 valence electrons. The maximum absolute atomic E-state index is 12.5. The lowest BCUT2D eigenvalue weighted by atomic mass is 10.1. The van der Waals surface area contributed by atoms with Crippen molar-refractivity contribution in [3.8, 4) is 6.07 Å². The van der Waals surface area contributed by atoms with Crippen LogP contribution in [0.2, 0.25) is 0 Å². The Morgan fingerprint density at radius 3 is 2.90 bits per heavy atom. The van der Waals surface area contributed by atoms with Crippen molar-refractivity contribution in [3.05, 3.63) is 24.3 Å². The Bertz CT molecular complexity index is 501. The van der Waals surface area contributed by atoms with Crippen LogP contribution in [-0.4, -0.2) is 30.0 Å². The minimum atomic E-state index is -0.552. The predicted molar refractivity (Wildman–Crippen MR) is 89.0 cm³/mol. The monoisotopic (exact) mass is 306 g/mol. The van der Waals surface area contributed by atoms with Crippen LogP contribution in [-0.2, 0) is 4.79 Å². The van der Waals surface area contributed by atoms with E-state index >= 15 is 0 Å². The van der Waals surface area contributed by atoms with Crippen molar-refractivity contribution >= 4 is 29.0 Å². The van der Waals surface area contributed by atoms with Crippen molar-refractivity contribution in [3.63, 3.8) is 0 Å². The molecule has 0 radical (unpaired) electrons. The first-order valence-corrected chi connectivity index (χ1v) is 8.12. The van der Waals surface area contributed by atoms with E-state index in [1.54, 1.807) is 40.9 Å². The van der Waals surface area contributed by atoms with Gasteiger partial charge in [0.15, 0.2) is 0 Å². The molecule has 0 aliphatic rings. The number of carbonyl (C=O) groups is 1. The third-order valence-electron chi connectivity index (χ3n) is 2.99. The molecule has 6 heteroatoms. The number of nitriles is 1. The molecule has 0 aromatic heterocycles. The number of hydrogen-bond acceptors (Lipinski definition) is 5. The summed E-state index contributed by atoms with van der Waals surface area (Å²) in [7, 11) is 0. The molecule has 0 bridgehead atoms. The highest BCUT2D eigenvalue weighted by atomic mass is 32.2. The smallest absolute Gasteiger partial charge is 0.243 e. The van der Waals surface area contributed by atoms with E-state index in [2.05, 4.69) is 13.0 Å². The number of nitrogens with zero attached hydrogens (tertiary/aromatic N) is 2. The first-order chi connectivity index (χ1) is 10.1. The van der Waals surface area contributed by atoms with E-state index in [9.17, 15) is 4.79 Å². The van der Waals surface area contributed by atoms with Gasteiger partial charge in [0.1, 0.15) is 0 Å². The van der Waals surface area contributed by atoms with Crippen LogP contribution in [0.1, 0.15) is 19.8 Å². The van der Waals surface area contributed by atoms with E-state index in [1.807, 2.05) is 0 Å². The Hall–Kier alpha value is -1.71. The molecule has 0 fully saturated rings. The number of nitrogen functional groups attached to an aromatic ring is 1. The van der Waals surface area contributed by atoms with Gasteiger partial charge < -0.3 is 16.4 Å². The van der Waals surface area contributed by atoms with E-state index in [1.165, 1.54) is 0 Å². The molecule has 1 rings (SSSR count). The Kier molecular flexibility index (Phi) is 7.65. The normalized spacial score (nSPS) is 11.7. The largest absolute Gasteiger partial charge is 0.399 e. The second kappa shape index (κ2) is 9.27. The third-order valence-corrected chi connectivity index (χ3v) is 3.92. The highest BCUT2D eigenvalue weighted by Crippen LogP contribution is 2.19. The third kappa shape index (κ3) is 5.66. The molecule has 1 aromatic rings. The first-order valence-electron chi connectivity index (χ1n) is 6.97. The van der Waals surface area contributed by atoms with Gasteiger partial charge in [-0.15, -0.1) is 0 Å². The summed E-state index contributed by atoms with van der Waals surface area (Å²) in [6.07, 6.45) is 0.889. The molecular formula is C15H22N4OS. The minimum absolute atomic E-state index is 0.160. The second-order valence-corrected chi connectivity index (χ2v) is 5.98. The van der Waals surface area contributed by atoms with Crippen LogP contribution in [0.15, 0.2) is 24.3 Å². The fourth-order valence-electron chi connectivity index (χ4n) is 1.90. The van der Waals surface area contributed by atoms with E-state index in [4.69, 9.17) is 16.7 Å². The summed E-state index contributed by atoms with van der Waals surface area (Å²) in [6.45, 7) is 2.40. The zero-order valence-electron chi connectivity index (χ0n) is 12.3. The van der Waals surface area contributed by atoms with Gasteiger partial charge in [-0.05, 0) is 36.1 Å². The number of nitrogens with two attached hydrogens (primary N) is 2. The summed E-state index contributed by atoms with van der Waals surface area (Å²) < 4.78 is 0. The van der Waals surface area contributed by atoms with Crippen LogP contribution >= 0.6 is 11.8 Å². The molecule has 4 N–H and O–H groups in total. The lowest BCUT2D eigenvalue weighted by molar-refractivity contribution is -0.119. The molecule has 1 amide bonds. The van der Waals surface area contributed by atoms with Gasteiger partial charge in [-0.3, -0.25) is 4.79 Å².